The van der Waals surface area contributed by atoms with Gasteiger partial charge in [0.15, 0.2) is 5.78 Å². The van der Waals surface area contributed by atoms with Gasteiger partial charge in [0, 0.05) is 61.2 Å². The third-order valence-electron chi connectivity index (χ3n) is 7.72. The number of nitrogens with zero attached hydrogens (tertiary/aromatic N) is 2. The topological polar surface area (TPSA) is 60.6 Å². The number of piperazine rings is 1. The molecule has 0 bridgehead atoms. The average Bonchev–Trinajstić information content (AvgIpc) is 3.42. The van der Waals surface area contributed by atoms with Crippen molar-refractivity contribution in [2.75, 3.05) is 49.5 Å². The zero-order valence-electron chi connectivity index (χ0n) is 20.8. The second-order valence-electron chi connectivity index (χ2n) is 9.99. The van der Waals surface area contributed by atoms with Crippen molar-refractivity contribution < 1.29 is 9.53 Å². The quantitative estimate of drug-likeness (QED) is 0.346. The van der Waals surface area contributed by atoms with Crippen LogP contribution in [0.1, 0.15) is 12.0 Å². The molecule has 6 nitrogen and oxygen atoms in total. The average molecular weight is 515 g/mol. The number of aromatic amines is 1. The number of hydrogen-bond donors (Lipinski definition) is 2. The van der Waals surface area contributed by atoms with Crippen LogP contribution in [0.5, 0.6) is 5.75 Å². The number of nitrogens with one attached hydrogen (secondary N) is 2. The van der Waals surface area contributed by atoms with Crippen LogP contribution >= 0.6 is 11.6 Å². The molecule has 6 rings (SSSR count). The minimum absolute atomic E-state index is 0.0195. The van der Waals surface area contributed by atoms with E-state index >= 15 is 0 Å². The van der Waals surface area contributed by atoms with Crippen molar-refractivity contribution in [2.24, 2.45) is 0 Å². The summed E-state index contributed by atoms with van der Waals surface area (Å²) >= 11 is 6.28. The summed E-state index contributed by atoms with van der Waals surface area (Å²) < 4.78 is 5.91. The van der Waals surface area contributed by atoms with Crippen molar-refractivity contribution in [1.82, 2.24) is 9.88 Å². The van der Waals surface area contributed by atoms with Crippen LogP contribution in [0.15, 0.2) is 79.0 Å². The lowest BCUT2D eigenvalue weighted by molar-refractivity contribution is -0.126. The number of rotatable bonds is 7. The summed E-state index contributed by atoms with van der Waals surface area (Å²) in [5.74, 6) is 0.595. The second-order valence-corrected chi connectivity index (χ2v) is 10.4. The highest BCUT2D eigenvalue weighted by atomic mass is 35.5. The maximum absolute atomic E-state index is 13.8. The van der Waals surface area contributed by atoms with Gasteiger partial charge in [0.1, 0.15) is 17.9 Å². The predicted molar refractivity (Wildman–Crippen MR) is 150 cm³/mol. The number of ketones is 1. The highest BCUT2D eigenvalue weighted by Crippen LogP contribution is 2.34. The molecule has 0 spiro atoms. The van der Waals surface area contributed by atoms with Gasteiger partial charge in [-0.25, -0.2) is 0 Å². The van der Waals surface area contributed by atoms with Crippen molar-refractivity contribution in [1.29, 1.82) is 0 Å². The van der Waals surface area contributed by atoms with Gasteiger partial charge in [0.2, 0.25) is 0 Å². The maximum Gasteiger partial charge on any atom is 0.196 e. The van der Waals surface area contributed by atoms with E-state index in [0.29, 0.717) is 17.3 Å². The molecule has 0 amide bonds. The van der Waals surface area contributed by atoms with Crippen LogP contribution in [0.2, 0.25) is 5.02 Å². The van der Waals surface area contributed by atoms with Crippen molar-refractivity contribution in [2.45, 2.75) is 18.4 Å². The molecule has 0 radical (unpaired) electrons. The lowest BCUT2D eigenvalue weighted by atomic mass is 9.82. The third kappa shape index (κ3) is 4.79. The molecule has 1 saturated heterocycles. The number of ether oxygens (including phenoxy) is 1. The van der Waals surface area contributed by atoms with Crippen LogP contribution in [-0.2, 0) is 11.2 Å². The van der Waals surface area contributed by atoms with Gasteiger partial charge in [-0.2, -0.15) is 0 Å². The van der Waals surface area contributed by atoms with E-state index in [1.165, 1.54) is 16.6 Å². The minimum atomic E-state index is -0.710. The van der Waals surface area contributed by atoms with Crippen LogP contribution in [0.3, 0.4) is 0 Å². The van der Waals surface area contributed by atoms with Crippen LogP contribution in [-0.4, -0.2) is 60.5 Å². The Bertz CT molecular complexity index is 1410. The van der Waals surface area contributed by atoms with Crippen molar-refractivity contribution in [3.05, 3.63) is 89.6 Å². The molecular formula is C30H31ClN4O2. The fourth-order valence-electron chi connectivity index (χ4n) is 5.66. The zero-order valence-corrected chi connectivity index (χ0v) is 21.5. The highest BCUT2D eigenvalue weighted by Gasteiger charge is 2.43. The zero-order chi connectivity index (χ0) is 25.2. The maximum atomic E-state index is 13.8. The number of para-hydroxylation sites is 2. The van der Waals surface area contributed by atoms with Gasteiger partial charge in [-0.15, -0.1) is 0 Å². The van der Waals surface area contributed by atoms with Gasteiger partial charge in [-0.3, -0.25) is 9.69 Å². The van der Waals surface area contributed by atoms with E-state index in [1.54, 1.807) is 12.1 Å². The first-order valence-electron chi connectivity index (χ1n) is 12.9. The summed E-state index contributed by atoms with van der Waals surface area (Å²) in [5.41, 5.74) is 4.01. The number of fused-ring (bicyclic) bond motifs is 2. The summed E-state index contributed by atoms with van der Waals surface area (Å²) in [4.78, 5) is 22.0. The summed E-state index contributed by atoms with van der Waals surface area (Å²) in [5, 5.41) is 5.42. The Morgan fingerprint density at radius 3 is 2.62 bits per heavy atom. The molecule has 7 heteroatoms. The molecule has 2 aliphatic heterocycles. The van der Waals surface area contributed by atoms with Gasteiger partial charge in [-0.05, 0) is 54.8 Å². The van der Waals surface area contributed by atoms with Crippen molar-refractivity contribution in [3.63, 3.8) is 0 Å². The predicted octanol–water partition coefficient (Wildman–Crippen LogP) is 5.39. The van der Waals surface area contributed by atoms with E-state index in [1.807, 2.05) is 24.4 Å². The Hall–Kier alpha value is -3.48. The molecular weight excluding hydrogens is 484 g/mol. The number of aryl methyl sites for hydroxylation is 1. The lowest BCUT2D eigenvalue weighted by Crippen LogP contribution is -2.60. The van der Waals surface area contributed by atoms with Gasteiger partial charge in [-0.1, -0.05) is 48.0 Å². The summed E-state index contributed by atoms with van der Waals surface area (Å²) in [7, 11) is 0. The SMILES string of the molecule is O=C(COc1ccccc1Cl)C1(CN2CCN(c3cccc4[nH]ccc34)CC2)CCc2ccccc2N1. The lowest BCUT2D eigenvalue weighted by Gasteiger charge is -2.44. The first kappa shape index (κ1) is 23.9. The molecule has 1 aromatic heterocycles. The Balaban J connectivity index is 1.18. The van der Waals surface area contributed by atoms with Gasteiger partial charge >= 0.3 is 0 Å². The molecule has 0 saturated carbocycles. The van der Waals surface area contributed by atoms with Gasteiger partial charge in [0.25, 0.3) is 0 Å². The summed E-state index contributed by atoms with van der Waals surface area (Å²) in [6, 6.07) is 24.1. The molecule has 3 aromatic carbocycles. The van der Waals surface area contributed by atoms with E-state index < -0.39 is 5.54 Å². The number of halogens is 1. The Morgan fingerprint density at radius 1 is 0.946 bits per heavy atom. The second kappa shape index (κ2) is 10.1. The Morgan fingerprint density at radius 2 is 1.76 bits per heavy atom. The Kier molecular flexibility index (Phi) is 6.53. The number of carbonyl (C=O) groups is 1. The molecule has 1 unspecified atom stereocenters. The number of H-pyrrole nitrogens is 1. The van der Waals surface area contributed by atoms with Crippen LogP contribution in [0.25, 0.3) is 10.9 Å². The Labute approximate surface area is 222 Å². The largest absolute Gasteiger partial charge is 0.484 e. The van der Waals surface area contributed by atoms with E-state index in [0.717, 1.165) is 50.2 Å². The summed E-state index contributed by atoms with van der Waals surface area (Å²) in [6.45, 7) is 4.25. The smallest absolute Gasteiger partial charge is 0.196 e. The van der Waals surface area contributed by atoms with Gasteiger partial charge in [0.05, 0.1) is 5.02 Å². The monoisotopic (exact) mass is 514 g/mol. The third-order valence-corrected chi connectivity index (χ3v) is 8.03. The number of anilines is 2. The van der Waals surface area contributed by atoms with Gasteiger partial charge < -0.3 is 19.9 Å². The first-order chi connectivity index (χ1) is 18.1. The fraction of sp³-hybridized carbons (Fsp3) is 0.300. The molecule has 37 heavy (non-hydrogen) atoms. The van der Waals surface area contributed by atoms with Crippen LogP contribution < -0.4 is 15.0 Å². The van der Waals surface area contributed by atoms with Crippen LogP contribution in [0, 0.1) is 0 Å². The van der Waals surface area contributed by atoms with E-state index in [4.69, 9.17) is 16.3 Å². The van der Waals surface area contributed by atoms with E-state index in [9.17, 15) is 4.79 Å². The number of Topliss-reactive ketones (excluding diaryl/α,β-unsaturated/α-hetero) is 1. The van der Waals surface area contributed by atoms with Crippen molar-refractivity contribution in [3.8, 4) is 5.75 Å². The first-order valence-corrected chi connectivity index (χ1v) is 13.3. The van der Waals surface area contributed by atoms with Crippen molar-refractivity contribution >= 4 is 39.7 Å². The molecule has 1 atom stereocenters. The van der Waals surface area contributed by atoms with E-state index in [-0.39, 0.29) is 12.4 Å². The van der Waals surface area contributed by atoms with E-state index in [2.05, 4.69) is 62.6 Å². The highest BCUT2D eigenvalue weighted by molar-refractivity contribution is 6.32. The molecule has 2 aliphatic rings. The fourth-order valence-corrected chi connectivity index (χ4v) is 5.85. The minimum Gasteiger partial charge on any atom is -0.484 e. The normalized spacial score (nSPS) is 19.9. The molecule has 0 aliphatic carbocycles. The van der Waals surface area contributed by atoms with Crippen LogP contribution in [0.4, 0.5) is 11.4 Å². The molecule has 4 aromatic rings. The molecule has 1 fully saturated rings. The molecule has 190 valence electrons. The molecule has 3 heterocycles. The number of carbonyl (C=O) groups excluding carboxylic acids is 1. The number of aromatic nitrogens is 1. The number of hydrogen-bond acceptors (Lipinski definition) is 5. The standard InChI is InChI=1S/C30H31ClN4O2/c31-24-7-2-4-11-28(24)37-20-29(36)30(14-12-22-6-1-3-8-25(22)33-30)21-34-16-18-35(19-17-34)27-10-5-9-26-23(27)13-15-32-26/h1-11,13,15,32-33H,12,14,16-21H2. The summed E-state index contributed by atoms with van der Waals surface area (Å²) in [6.07, 6.45) is 3.59. The molecule has 2 N–H and O–H groups in total. The number of benzene rings is 3.